The van der Waals surface area contributed by atoms with Gasteiger partial charge in [0.1, 0.15) is 30.5 Å². The molecule has 0 aromatic carbocycles. The molecule has 1 aliphatic rings. The van der Waals surface area contributed by atoms with Crippen molar-refractivity contribution in [2.24, 2.45) is 0 Å². The van der Waals surface area contributed by atoms with Gasteiger partial charge in [-0.05, 0) is 98.2 Å². The van der Waals surface area contributed by atoms with Crippen LogP contribution in [0.25, 0.3) is 0 Å². The van der Waals surface area contributed by atoms with Crippen LogP contribution in [-0.2, 0) is 26.9 Å². The van der Waals surface area contributed by atoms with E-state index in [1.54, 1.807) is 0 Å². The van der Waals surface area contributed by atoms with Crippen molar-refractivity contribution < 1.29 is 26.9 Å². The Morgan fingerprint density at radius 1 is 0.406 bits per heavy atom. The maximum atomic E-state index is 14.0. The van der Waals surface area contributed by atoms with Gasteiger partial charge in [-0.25, -0.2) is 0 Å². The number of ketones is 1. The Morgan fingerprint density at radius 3 is 0.844 bits per heavy atom. The van der Waals surface area contributed by atoms with E-state index in [1.165, 1.54) is 0 Å². The molecule has 190 valence electrons. The molecule has 1 rings (SSSR count). The number of Topliss-reactive ketones (excluding diaryl/α,β-unsaturated/α-hetero) is 1. The number of carbonyl (C=O) groups excluding carboxylic acids is 1. The van der Waals surface area contributed by atoms with Gasteiger partial charge in [0.15, 0.2) is 47.4 Å². The summed E-state index contributed by atoms with van der Waals surface area (Å²) in [6, 6.07) is 0. The zero-order valence-corrected chi connectivity index (χ0v) is 28.3. The third-order valence-electron chi connectivity index (χ3n) is 4.24. The molecule has 0 radical (unpaired) electrons. The predicted octanol–water partition coefficient (Wildman–Crippen LogP) is 5.67. The van der Waals surface area contributed by atoms with Gasteiger partial charge in [-0.2, -0.15) is 0 Å². The molecule has 6 nitrogen and oxygen atoms in total. The van der Waals surface area contributed by atoms with Crippen LogP contribution in [0.4, 0.5) is 0 Å². The fourth-order valence-electron chi connectivity index (χ4n) is 3.65. The molecule has 1 saturated carbocycles. The largest absolute Gasteiger partial charge is 0.409 e. The van der Waals surface area contributed by atoms with Gasteiger partial charge in [0.2, 0.25) is 0 Å². The first kappa shape index (κ1) is 30.6. The van der Waals surface area contributed by atoms with Gasteiger partial charge in [0.05, 0.1) is 0 Å². The number of hydrogen-bond acceptors (Lipinski definition) is 6. The molecule has 11 heteroatoms. The summed E-state index contributed by atoms with van der Waals surface area (Å²) in [6.45, 7) is 32.1. The molecule has 1 aliphatic carbocycles. The molecule has 32 heavy (non-hydrogen) atoms. The fraction of sp³-hybridized carbons (Fsp3) is 0.952. The predicted molar refractivity (Wildman–Crippen MR) is 146 cm³/mol. The number of rotatable bonds is 10. The van der Waals surface area contributed by atoms with E-state index in [0.717, 1.165) is 0 Å². The van der Waals surface area contributed by atoms with Crippen LogP contribution in [0, 0.1) is 0 Å². The Labute approximate surface area is 202 Å². The molecular weight excluding hydrogens is 489 g/mol. The second-order valence-electron chi connectivity index (χ2n) is 13.8. The van der Waals surface area contributed by atoms with Gasteiger partial charge in [-0.3, -0.25) is 4.79 Å². The summed E-state index contributed by atoms with van der Waals surface area (Å²) in [7, 11) is -10.2. The van der Waals surface area contributed by atoms with Gasteiger partial charge in [0.25, 0.3) is 0 Å². The van der Waals surface area contributed by atoms with Crippen LogP contribution < -0.4 is 0 Å². The third kappa shape index (κ3) is 10.9. The van der Waals surface area contributed by atoms with Crippen molar-refractivity contribution in [3.8, 4) is 0 Å². The summed E-state index contributed by atoms with van der Waals surface area (Å²) in [5.41, 5.74) is 0. The Kier molecular flexibility index (Phi) is 9.82. The Hall–Kier alpha value is 0.554. The number of carbonyl (C=O) groups is 1. The highest BCUT2D eigenvalue weighted by atomic mass is 28.4. The molecule has 0 aromatic rings. The van der Waals surface area contributed by atoms with Gasteiger partial charge >= 0.3 is 0 Å². The van der Waals surface area contributed by atoms with Crippen LogP contribution in [0.3, 0.4) is 0 Å². The van der Waals surface area contributed by atoms with Crippen LogP contribution in [0.15, 0.2) is 0 Å². The lowest BCUT2D eigenvalue weighted by atomic mass is 9.86. The topological polar surface area (TPSA) is 63.2 Å². The second-order valence-corrected chi connectivity index (χ2v) is 36.1. The van der Waals surface area contributed by atoms with Crippen LogP contribution in [0.2, 0.25) is 98.2 Å². The maximum absolute atomic E-state index is 14.0. The molecule has 5 atom stereocenters. The normalized spacial score (nSPS) is 28.8. The van der Waals surface area contributed by atoms with E-state index in [9.17, 15) is 4.79 Å². The van der Waals surface area contributed by atoms with Crippen molar-refractivity contribution in [2.45, 2.75) is 129 Å². The fourth-order valence-corrected chi connectivity index (χ4v) is 8.90. The van der Waals surface area contributed by atoms with Crippen molar-refractivity contribution in [3.63, 3.8) is 0 Å². The smallest absolute Gasteiger partial charge is 0.193 e. The lowest BCUT2D eigenvalue weighted by molar-refractivity contribution is -0.172. The van der Waals surface area contributed by atoms with Crippen LogP contribution >= 0.6 is 0 Å². The molecule has 0 spiro atoms. The van der Waals surface area contributed by atoms with Gasteiger partial charge < -0.3 is 22.1 Å². The zero-order chi connectivity index (χ0) is 25.5. The molecule has 0 aromatic heterocycles. The first-order chi connectivity index (χ1) is 13.9. The molecule has 0 N–H and O–H groups in total. The Morgan fingerprint density at radius 2 is 0.625 bits per heavy atom. The highest BCUT2D eigenvalue weighted by molar-refractivity contribution is 6.71. The highest BCUT2D eigenvalue weighted by Gasteiger charge is 2.57. The molecule has 0 aliphatic heterocycles. The Balaban J connectivity index is 3.70. The van der Waals surface area contributed by atoms with Crippen molar-refractivity contribution in [2.75, 3.05) is 0 Å². The quantitative estimate of drug-likeness (QED) is 0.334. The summed E-state index contributed by atoms with van der Waals surface area (Å²) >= 11 is 0. The van der Waals surface area contributed by atoms with Crippen molar-refractivity contribution in [3.05, 3.63) is 0 Å². The van der Waals surface area contributed by atoms with E-state index >= 15 is 0 Å². The van der Waals surface area contributed by atoms with Crippen molar-refractivity contribution in [1.82, 2.24) is 0 Å². The number of hydrogen-bond donors (Lipinski definition) is 0. The van der Waals surface area contributed by atoms with Crippen molar-refractivity contribution in [1.29, 1.82) is 0 Å². The zero-order valence-electron chi connectivity index (χ0n) is 23.3. The van der Waals surface area contributed by atoms with E-state index in [-0.39, 0.29) is 5.78 Å². The summed E-state index contributed by atoms with van der Waals surface area (Å²) < 4.78 is 33.2. The molecule has 0 amide bonds. The highest BCUT2D eigenvalue weighted by Crippen LogP contribution is 2.36. The average molecular weight is 539 g/mol. The molecular formula is C21H50O6Si5. The van der Waals surface area contributed by atoms with Gasteiger partial charge in [-0.15, -0.1) is 0 Å². The second kappa shape index (κ2) is 10.3. The Bertz CT molecular complexity index is 594. The minimum atomic E-state index is -2.05. The summed E-state index contributed by atoms with van der Waals surface area (Å²) in [5.74, 6) is -0.0447. The molecule has 1 unspecified atom stereocenters. The van der Waals surface area contributed by atoms with Crippen LogP contribution in [-0.4, -0.2) is 77.9 Å². The molecule has 1 fully saturated rings. The first-order valence-corrected chi connectivity index (χ1v) is 28.9. The van der Waals surface area contributed by atoms with E-state index in [0.29, 0.717) is 0 Å². The van der Waals surface area contributed by atoms with E-state index in [1.807, 2.05) is 0 Å². The average Bonchev–Trinajstić information content (AvgIpc) is 2.45. The standard InChI is InChI=1S/C21H50O6Si5/c1-28(2,3)23-17-16(22)18(24-29(4,5)6)20(26-31(10,11)12)21(27-32(13,14)15)19(17)25-30(7,8)9/h17-21H,1-15H3/t17-,18+,19+,20-,21?. The summed E-state index contributed by atoms with van der Waals surface area (Å²) in [5, 5.41) is 0. The monoisotopic (exact) mass is 538 g/mol. The van der Waals surface area contributed by atoms with Crippen LogP contribution in [0.1, 0.15) is 0 Å². The summed E-state index contributed by atoms with van der Waals surface area (Å²) in [4.78, 5) is 14.0. The summed E-state index contributed by atoms with van der Waals surface area (Å²) in [6.07, 6.45) is -2.78. The first-order valence-electron chi connectivity index (χ1n) is 11.8. The SMILES string of the molecule is C[Si](C)(C)OC1[C@@H](O[Si](C)(C)C)[C@H](O[Si](C)(C)C)C(=O)[C@H](O[Si](C)(C)C)[C@H]1O[Si](C)(C)C. The van der Waals surface area contributed by atoms with E-state index < -0.39 is 72.1 Å². The lowest BCUT2D eigenvalue weighted by Gasteiger charge is -2.51. The van der Waals surface area contributed by atoms with Gasteiger partial charge in [0, 0.05) is 0 Å². The van der Waals surface area contributed by atoms with Crippen molar-refractivity contribution >= 4 is 47.4 Å². The maximum Gasteiger partial charge on any atom is 0.193 e. The minimum absolute atomic E-state index is 0.0447. The van der Waals surface area contributed by atoms with Crippen LogP contribution in [0.5, 0.6) is 0 Å². The van der Waals surface area contributed by atoms with E-state index in [4.69, 9.17) is 22.1 Å². The van der Waals surface area contributed by atoms with E-state index in [2.05, 4.69) is 98.2 Å². The molecule has 0 heterocycles. The minimum Gasteiger partial charge on any atom is -0.409 e. The molecule has 0 bridgehead atoms. The molecule has 0 saturated heterocycles. The lowest BCUT2D eigenvalue weighted by Crippen LogP contribution is -2.70. The third-order valence-corrected chi connectivity index (χ3v) is 9.10. The van der Waals surface area contributed by atoms with Gasteiger partial charge in [-0.1, -0.05) is 0 Å².